The standard InChI is InChI=1S/C70H50N4O/c1-70(2,3)50-37-38-71-69(41-50)74-65-35-29-48(46-17-6-4-7-18-46)39-64(65)62-34-32-54(44-67(62)74)75-53-22-16-21-51(42-53)73-45-72(66-36-30-49(40-68(66)73)47-19-8-5-9-20-47)52-31-33-61-59-27-13-12-25-57(59)55-23-10-11-24-56(55)58-26-14-15-28-60(58)63(61)43-52/h4-44H,1-3H3. The molecule has 0 fully saturated rings. The van der Waals surface area contributed by atoms with Crippen molar-refractivity contribution in [2.45, 2.75) is 26.2 Å². The predicted octanol–water partition coefficient (Wildman–Crippen LogP) is 17.6. The second kappa shape index (κ2) is 17.6. The van der Waals surface area contributed by atoms with Crippen molar-refractivity contribution in [3.05, 3.63) is 261 Å². The van der Waals surface area contributed by atoms with Gasteiger partial charge in [-0.15, -0.1) is 0 Å². The number of benzene rings is 10. The molecule has 14 rings (SSSR count). The lowest BCUT2D eigenvalue weighted by atomic mass is 9.81. The summed E-state index contributed by atoms with van der Waals surface area (Å²) in [4.78, 5) is 4.98. The van der Waals surface area contributed by atoms with Crippen LogP contribution in [-0.4, -0.2) is 14.1 Å². The van der Waals surface area contributed by atoms with Gasteiger partial charge < -0.3 is 4.74 Å². The average molecular weight is 963 g/mol. The topological polar surface area (TPSA) is 35.9 Å². The molecular weight excluding hydrogens is 913 g/mol. The molecule has 0 saturated heterocycles. The normalized spacial score (nSPS) is 11.9. The number of hydrogen-bond donors (Lipinski definition) is 0. The first-order valence-electron chi connectivity index (χ1n) is 25.7. The highest BCUT2D eigenvalue weighted by Crippen LogP contribution is 2.48. The molecule has 3 aromatic heterocycles. The van der Waals surface area contributed by atoms with E-state index < -0.39 is 0 Å². The Balaban J connectivity index is 0.900. The van der Waals surface area contributed by atoms with E-state index in [1.807, 2.05) is 12.3 Å². The van der Waals surface area contributed by atoms with E-state index in [0.29, 0.717) is 5.75 Å². The van der Waals surface area contributed by atoms with Crippen LogP contribution in [0.2, 0.25) is 0 Å². The van der Waals surface area contributed by atoms with Crippen LogP contribution in [0.15, 0.2) is 249 Å². The molecule has 0 unspecified atom stereocenters. The molecule has 356 valence electrons. The van der Waals surface area contributed by atoms with E-state index in [2.05, 4.69) is 277 Å². The van der Waals surface area contributed by atoms with Crippen LogP contribution in [0.1, 0.15) is 26.3 Å². The second-order valence-electron chi connectivity index (χ2n) is 20.6. The lowest BCUT2D eigenvalue weighted by Crippen LogP contribution is -2.29. The highest BCUT2D eigenvalue weighted by atomic mass is 16.5. The molecule has 0 radical (unpaired) electrons. The number of pyridine rings is 1. The van der Waals surface area contributed by atoms with Crippen molar-refractivity contribution in [2.24, 2.45) is 0 Å². The molecule has 1 aliphatic rings. The molecule has 13 aromatic rings. The number of nitrogens with zero attached hydrogens (tertiary/aromatic N) is 4. The van der Waals surface area contributed by atoms with E-state index >= 15 is 0 Å². The van der Waals surface area contributed by atoms with Gasteiger partial charge in [0.1, 0.15) is 17.3 Å². The minimum atomic E-state index is -0.0484. The Morgan fingerprint density at radius 2 is 1.00 bits per heavy atom. The van der Waals surface area contributed by atoms with Gasteiger partial charge in [0.25, 0.3) is 6.33 Å². The summed E-state index contributed by atoms with van der Waals surface area (Å²) in [5, 5.41) is 2.29. The van der Waals surface area contributed by atoms with E-state index in [4.69, 9.17) is 9.72 Å². The van der Waals surface area contributed by atoms with Gasteiger partial charge in [0.15, 0.2) is 0 Å². The van der Waals surface area contributed by atoms with Gasteiger partial charge in [-0.25, -0.2) is 4.98 Å². The third-order valence-electron chi connectivity index (χ3n) is 15.0. The molecule has 0 amide bonds. The second-order valence-corrected chi connectivity index (χ2v) is 20.6. The summed E-state index contributed by atoms with van der Waals surface area (Å²) >= 11 is 0. The first-order chi connectivity index (χ1) is 36.8. The number of fused-ring (bicyclic) bond motifs is 12. The lowest BCUT2D eigenvalue weighted by molar-refractivity contribution is -0.572. The van der Waals surface area contributed by atoms with Crippen LogP contribution in [0, 0.1) is 6.33 Å². The largest absolute Gasteiger partial charge is 0.458 e. The maximum atomic E-state index is 6.91. The fourth-order valence-corrected chi connectivity index (χ4v) is 11.2. The number of rotatable bonds is 7. The smallest absolute Gasteiger partial charge is 0.269 e. The number of ether oxygens (including phenoxy) is 1. The molecule has 3 heterocycles. The molecule has 5 heteroatoms. The average Bonchev–Trinajstić information content (AvgIpc) is 4.01. The number of imidazole rings is 1. The Morgan fingerprint density at radius 3 is 1.65 bits per heavy atom. The van der Waals surface area contributed by atoms with Gasteiger partial charge in [0.05, 0.1) is 33.4 Å². The monoisotopic (exact) mass is 962 g/mol. The number of hydrogen-bond acceptors (Lipinski definition) is 2. The summed E-state index contributed by atoms with van der Waals surface area (Å²) < 4.78 is 13.6. The van der Waals surface area contributed by atoms with Crippen LogP contribution in [0.3, 0.4) is 0 Å². The van der Waals surface area contributed by atoms with Crippen molar-refractivity contribution in [3.63, 3.8) is 0 Å². The zero-order valence-corrected chi connectivity index (χ0v) is 41.9. The van der Waals surface area contributed by atoms with E-state index in [1.165, 1.54) is 61.2 Å². The predicted molar refractivity (Wildman–Crippen MR) is 307 cm³/mol. The highest BCUT2D eigenvalue weighted by molar-refractivity contribution is 6.11. The van der Waals surface area contributed by atoms with Gasteiger partial charge in [-0.2, -0.15) is 0 Å². The van der Waals surface area contributed by atoms with Crippen molar-refractivity contribution in [1.29, 1.82) is 0 Å². The minimum Gasteiger partial charge on any atom is -0.458 e. The minimum absolute atomic E-state index is 0.0484. The molecule has 0 atom stereocenters. The molecule has 0 spiro atoms. The molecule has 0 N–H and O–H groups in total. The summed E-state index contributed by atoms with van der Waals surface area (Å²) in [6.45, 7) is 6.73. The van der Waals surface area contributed by atoms with Crippen LogP contribution >= 0.6 is 0 Å². The van der Waals surface area contributed by atoms with Gasteiger partial charge in [0, 0.05) is 23.0 Å². The highest BCUT2D eigenvalue weighted by Gasteiger charge is 2.24. The van der Waals surface area contributed by atoms with Crippen LogP contribution in [0.25, 0.3) is 117 Å². The molecule has 5 nitrogen and oxygen atoms in total. The van der Waals surface area contributed by atoms with Gasteiger partial charge in [-0.1, -0.05) is 185 Å². The summed E-state index contributed by atoms with van der Waals surface area (Å²) in [7, 11) is 0. The third kappa shape index (κ3) is 7.63. The quantitative estimate of drug-likeness (QED) is 0.118. The number of aromatic nitrogens is 4. The van der Waals surface area contributed by atoms with E-state index in [9.17, 15) is 0 Å². The Bertz CT molecular complexity index is 4360. The van der Waals surface area contributed by atoms with E-state index in [-0.39, 0.29) is 5.41 Å². The molecular formula is C70H50N4O. The Labute approximate surface area is 436 Å². The summed E-state index contributed by atoms with van der Waals surface area (Å²) in [5.41, 5.74) is 21.6. The maximum absolute atomic E-state index is 6.91. The SMILES string of the molecule is CC(C)(C)c1ccnc(-n2c3ccc(-c4ccccc4)cc3c3ccc(Oc4cccc(-n5[c-][n+](-c6ccc7c(c6)-c6ccccc6-c6ccccc6-c6ccccc6-7)c6ccc(-c7ccccc7)cc65)c4)cc32)c1. The van der Waals surface area contributed by atoms with E-state index in [0.717, 1.165) is 66.9 Å². The molecule has 0 aliphatic heterocycles. The maximum Gasteiger partial charge on any atom is 0.269 e. The van der Waals surface area contributed by atoms with Gasteiger partial charge >= 0.3 is 0 Å². The van der Waals surface area contributed by atoms with Crippen molar-refractivity contribution in [2.75, 3.05) is 0 Å². The molecule has 0 saturated carbocycles. The summed E-state index contributed by atoms with van der Waals surface area (Å²) in [6.07, 6.45) is 5.78. The lowest BCUT2D eigenvalue weighted by Gasteiger charge is -2.23. The zero-order chi connectivity index (χ0) is 50.2. The molecule has 10 aromatic carbocycles. The van der Waals surface area contributed by atoms with Crippen molar-refractivity contribution in [3.8, 4) is 95.5 Å². The van der Waals surface area contributed by atoms with Crippen molar-refractivity contribution >= 4 is 32.8 Å². The summed E-state index contributed by atoms with van der Waals surface area (Å²) in [6, 6.07) is 87.0. The van der Waals surface area contributed by atoms with Crippen molar-refractivity contribution < 1.29 is 9.30 Å². The molecule has 75 heavy (non-hydrogen) atoms. The van der Waals surface area contributed by atoms with Gasteiger partial charge in [-0.3, -0.25) is 13.7 Å². The Morgan fingerprint density at radius 1 is 0.413 bits per heavy atom. The fourth-order valence-electron chi connectivity index (χ4n) is 11.2. The van der Waals surface area contributed by atoms with Crippen LogP contribution in [0.4, 0.5) is 0 Å². The van der Waals surface area contributed by atoms with Crippen LogP contribution in [0.5, 0.6) is 11.5 Å². The Hall–Kier alpha value is -9.58. The summed E-state index contributed by atoms with van der Waals surface area (Å²) in [5.74, 6) is 2.31. The first kappa shape index (κ1) is 44.1. The van der Waals surface area contributed by atoms with Crippen LogP contribution < -0.4 is 9.30 Å². The van der Waals surface area contributed by atoms with E-state index in [1.54, 1.807) is 0 Å². The fraction of sp³-hybridized carbons (Fsp3) is 0.0571. The first-order valence-corrected chi connectivity index (χ1v) is 25.7. The molecule has 1 aliphatic carbocycles. The van der Waals surface area contributed by atoms with Gasteiger partial charge in [-0.05, 0) is 151 Å². The zero-order valence-electron chi connectivity index (χ0n) is 41.9. The van der Waals surface area contributed by atoms with Gasteiger partial charge in [0.2, 0.25) is 0 Å². The third-order valence-corrected chi connectivity index (χ3v) is 15.0. The van der Waals surface area contributed by atoms with Crippen LogP contribution in [-0.2, 0) is 5.41 Å². The Kier molecular flexibility index (Phi) is 10.3. The molecule has 0 bridgehead atoms. The van der Waals surface area contributed by atoms with Crippen molar-refractivity contribution in [1.82, 2.24) is 14.1 Å².